The first-order valence-corrected chi connectivity index (χ1v) is 9.16. The van der Waals surface area contributed by atoms with Gasteiger partial charge in [-0.1, -0.05) is 24.3 Å². The molecule has 0 spiro atoms. The van der Waals surface area contributed by atoms with E-state index < -0.39 is 18.3 Å². The van der Waals surface area contributed by atoms with Gasteiger partial charge in [0.05, 0.1) is 24.4 Å². The highest BCUT2D eigenvalue weighted by molar-refractivity contribution is 6.60. The van der Waals surface area contributed by atoms with Gasteiger partial charge in [0.25, 0.3) is 0 Å². The van der Waals surface area contributed by atoms with E-state index in [1.807, 2.05) is 18.2 Å². The molecule has 0 unspecified atom stereocenters. The first-order chi connectivity index (χ1) is 11.7. The fourth-order valence-corrected chi connectivity index (χ4v) is 2.73. The van der Waals surface area contributed by atoms with E-state index in [0.29, 0.717) is 0 Å². The standard InChI is InChI=1S/C19H32BNO4/c1-18(2,22)19(3,4)25-20(23)17-9-5-7-16(15-17)8-6-10-21-11-13-24-14-12-21/h5,7,9,15,22-23H,6,8,10-14H2,1-4H3. The van der Waals surface area contributed by atoms with Crippen LogP contribution in [0.2, 0.25) is 0 Å². The van der Waals surface area contributed by atoms with Gasteiger partial charge in [-0.3, -0.25) is 4.90 Å². The molecule has 0 radical (unpaired) electrons. The maximum atomic E-state index is 10.4. The Morgan fingerprint density at radius 3 is 2.52 bits per heavy atom. The summed E-state index contributed by atoms with van der Waals surface area (Å²) in [6, 6.07) is 7.88. The predicted molar refractivity (Wildman–Crippen MR) is 101 cm³/mol. The van der Waals surface area contributed by atoms with Gasteiger partial charge in [-0.15, -0.1) is 0 Å². The van der Waals surface area contributed by atoms with Crippen LogP contribution >= 0.6 is 0 Å². The molecule has 0 amide bonds. The Balaban J connectivity index is 1.89. The highest BCUT2D eigenvalue weighted by Gasteiger charge is 2.39. The van der Waals surface area contributed by atoms with Gasteiger partial charge >= 0.3 is 7.12 Å². The van der Waals surface area contributed by atoms with E-state index in [0.717, 1.165) is 51.2 Å². The summed E-state index contributed by atoms with van der Waals surface area (Å²) >= 11 is 0. The molecule has 1 saturated heterocycles. The third-order valence-electron chi connectivity index (χ3n) is 5.16. The zero-order valence-corrected chi connectivity index (χ0v) is 16.0. The van der Waals surface area contributed by atoms with E-state index in [4.69, 9.17) is 9.39 Å². The van der Waals surface area contributed by atoms with Crippen LogP contribution in [0.3, 0.4) is 0 Å². The molecular weight excluding hydrogens is 317 g/mol. The van der Waals surface area contributed by atoms with Gasteiger partial charge in [0.2, 0.25) is 0 Å². The van der Waals surface area contributed by atoms with Crippen molar-refractivity contribution in [2.45, 2.75) is 51.7 Å². The number of hydrogen-bond donors (Lipinski definition) is 2. The van der Waals surface area contributed by atoms with Crippen molar-refractivity contribution in [3.05, 3.63) is 29.8 Å². The van der Waals surface area contributed by atoms with E-state index in [9.17, 15) is 10.1 Å². The zero-order valence-electron chi connectivity index (χ0n) is 16.0. The Labute approximate surface area is 152 Å². The molecule has 1 aromatic carbocycles. The summed E-state index contributed by atoms with van der Waals surface area (Å²) in [5, 5.41) is 20.6. The van der Waals surface area contributed by atoms with E-state index >= 15 is 0 Å². The molecule has 1 aliphatic heterocycles. The number of aliphatic hydroxyl groups is 1. The van der Waals surface area contributed by atoms with Crippen molar-refractivity contribution in [3.8, 4) is 0 Å². The highest BCUT2D eigenvalue weighted by atomic mass is 16.5. The number of aryl methyl sites for hydroxylation is 1. The quantitative estimate of drug-likeness (QED) is 0.691. The molecule has 0 aliphatic carbocycles. The Hall–Kier alpha value is -0.915. The normalized spacial score (nSPS) is 16.9. The third-order valence-corrected chi connectivity index (χ3v) is 5.16. The van der Waals surface area contributed by atoms with Crippen LogP contribution in [-0.4, -0.2) is 66.2 Å². The summed E-state index contributed by atoms with van der Waals surface area (Å²) in [5.74, 6) is 0. The zero-order chi connectivity index (χ0) is 18.5. The van der Waals surface area contributed by atoms with Crippen molar-refractivity contribution in [1.29, 1.82) is 0 Å². The average molecular weight is 349 g/mol. The van der Waals surface area contributed by atoms with Crippen LogP contribution in [0.25, 0.3) is 0 Å². The fraction of sp³-hybridized carbons (Fsp3) is 0.684. The number of hydrogen-bond acceptors (Lipinski definition) is 5. The molecule has 1 aliphatic rings. The van der Waals surface area contributed by atoms with Crippen LogP contribution in [-0.2, 0) is 15.8 Å². The minimum Gasteiger partial charge on any atom is -0.423 e. The SMILES string of the molecule is CC(C)(O)C(C)(C)OB(O)c1cccc(CCCN2CCOCC2)c1. The van der Waals surface area contributed by atoms with Gasteiger partial charge < -0.3 is 19.5 Å². The van der Waals surface area contributed by atoms with Crippen molar-refractivity contribution >= 4 is 12.6 Å². The molecule has 2 rings (SSSR count). The van der Waals surface area contributed by atoms with Crippen molar-refractivity contribution in [1.82, 2.24) is 4.90 Å². The van der Waals surface area contributed by atoms with Crippen LogP contribution in [0.15, 0.2) is 24.3 Å². The lowest BCUT2D eigenvalue weighted by Crippen LogP contribution is -2.53. The van der Waals surface area contributed by atoms with Crippen molar-refractivity contribution in [2.24, 2.45) is 0 Å². The summed E-state index contributed by atoms with van der Waals surface area (Å²) in [7, 11) is -1.05. The molecule has 140 valence electrons. The second kappa shape index (κ2) is 8.65. The fourth-order valence-electron chi connectivity index (χ4n) is 2.73. The highest BCUT2D eigenvalue weighted by Crippen LogP contribution is 2.25. The van der Waals surface area contributed by atoms with Gasteiger partial charge in [-0.2, -0.15) is 0 Å². The first-order valence-electron chi connectivity index (χ1n) is 9.16. The monoisotopic (exact) mass is 349 g/mol. The molecule has 0 atom stereocenters. The number of rotatable bonds is 8. The molecular formula is C19H32BNO4. The number of benzene rings is 1. The van der Waals surface area contributed by atoms with Crippen molar-refractivity contribution < 1.29 is 19.5 Å². The Morgan fingerprint density at radius 1 is 1.20 bits per heavy atom. The maximum absolute atomic E-state index is 10.4. The van der Waals surface area contributed by atoms with Gasteiger partial charge in [-0.05, 0) is 58.1 Å². The van der Waals surface area contributed by atoms with Crippen LogP contribution in [0.4, 0.5) is 0 Å². The van der Waals surface area contributed by atoms with Gasteiger partial charge in [0, 0.05) is 13.1 Å². The summed E-state index contributed by atoms with van der Waals surface area (Å²) in [6.45, 7) is 11.7. The second-order valence-electron chi connectivity index (χ2n) is 7.84. The minimum atomic E-state index is -1.05. The molecule has 2 N–H and O–H groups in total. The summed E-state index contributed by atoms with van der Waals surface area (Å²) < 4.78 is 11.1. The van der Waals surface area contributed by atoms with Gasteiger partial charge in [0.1, 0.15) is 0 Å². The maximum Gasteiger partial charge on any atom is 0.491 e. The summed E-state index contributed by atoms with van der Waals surface area (Å²) in [5.41, 5.74) is -0.00153. The van der Waals surface area contributed by atoms with Gasteiger partial charge in [0.15, 0.2) is 0 Å². The lowest BCUT2D eigenvalue weighted by atomic mass is 9.76. The number of nitrogens with zero attached hydrogens (tertiary/aromatic N) is 1. The second-order valence-corrected chi connectivity index (χ2v) is 7.84. The summed E-state index contributed by atoms with van der Waals surface area (Å²) in [6.07, 6.45) is 2.04. The Kier molecular flexibility index (Phi) is 7.06. The molecule has 1 aromatic rings. The molecule has 1 heterocycles. The van der Waals surface area contributed by atoms with Crippen LogP contribution in [0, 0.1) is 0 Å². The van der Waals surface area contributed by atoms with Gasteiger partial charge in [-0.25, -0.2) is 0 Å². The molecule has 0 bridgehead atoms. The van der Waals surface area contributed by atoms with Crippen LogP contribution in [0.1, 0.15) is 39.7 Å². The molecule has 5 nitrogen and oxygen atoms in total. The van der Waals surface area contributed by atoms with Crippen LogP contribution < -0.4 is 5.46 Å². The summed E-state index contributed by atoms with van der Waals surface area (Å²) in [4.78, 5) is 2.43. The number of ether oxygens (including phenoxy) is 1. The van der Waals surface area contributed by atoms with E-state index in [2.05, 4.69) is 11.0 Å². The molecule has 0 aromatic heterocycles. The van der Waals surface area contributed by atoms with E-state index in [1.165, 1.54) is 5.56 Å². The Morgan fingerprint density at radius 2 is 1.88 bits per heavy atom. The molecule has 1 fully saturated rings. The van der Waals surface area contributed by atoms with Crippen molar-refractivity contribution in [2.75, 3.05) is 32.8 Å². The lowest BCUT2D eigenvalue weighted by molar-refractivity contribution is -0.0982. The van der Waals surface area contributed by atoms with Crippen molar-refractivity contribution in [3.63, 3.8) is 0 Å². The third kappa shape index (κ3) is 6.08. The average Bonchev–Trinajstić information content (AvgIpc) is 2.55. The number of morpholine rings is 1. The minimum absolute atomic E-state index is 0.723. The smallest absolute Gasteiger partial charge is 0.423 e. The Bertz CT molecular complexity index is 538. The predicted octanol–water partition coefficient (Wildman–Crippen LogP) is 1.20. The lowest BCUT2D eigenvalue weighted by Gasteiger charge is -2.38. The largest absolute Gasteiger partial charge is 0.491 e. The molecule has 6 heteroatoms. The van der Waals surface area contributed by atoms with E-state index in [1.54, 1.807) is 27.7 Å². The molecule has 25 heavy (non-hydrogen) atoms. The van der Waals surface area contributed by atoms with Crippen LogP contribution in [0.5, 0.6) is 0 Å². The first kappa shape index (κ1) is 20.4. The molecule has 0 saturated carbocycles. The van der Waals surface area contributed by atoms with E-state index in [-0.39, 0.29) is 0 Å². The topological polar surface area (TPSA) is 62.2 Å².